The minimum absolute atomic E-state index is 0.635. The van der Waals surface area contributed by atoms with Crippen molar-refractivity contribution in [3.05, 3.63) is 53.0 Å². The van der Waals surface area contributed by atoms with Gasteiger partial charge in [-0.2, -0.15) is 5.10 Å². The predicted molar refractivity (Wildman–Crippen MR) is 77.2 cm³/mol. The molecule has 4 heteroatoms. The number of nitrogens with one attached hydrogen (secondary N) is 2. The summed E-state index contributed by atoms with van der Waals surface area (Å²) in [5.74, 6) is 0. The van der Waals surface area contributed by atoms with Crippen molar-refractivity contribution in [1.82, 2.24) is 15.2 Å². The topological polar surface area (TPSA) is 70.5 Å². The van der Waals surface area contributed by atoms with Crippen LogP contribution >= 0.6 is 0 Å². The zero-order valence-corrected chi connectivity index (χ0v) is 11.0. The average molecular weight is 254 g/mol. The maximum absolute atomic E-state index is 5.55. The largest absolute Gasteiger partial charge is 0.358 e. The number of rotatable bonds is 4. The summed E-state index contributed by atoms with van der Waals surface area (Å²) in [6.45, 7) is 2.75. The molecule has 19 heavy (non-hydrogen) atoms. The average Bonchev–Trinajstić information content (AvgIpc) is 2.96. The highest BCUT2D eigenvalue weighted by Crippen LogP contribution is 2.24. The highest BCUT2D eigenvalue weighted by atomic mass is 15.1. The second kappa shape index (κ2) is 4.90. The predicted octanol–water partition coefficient (Wildman–Crippen LogP) is 2.29. The molecule has 0 saturated heterocycles. The molecule has 0 aliphatic rings. The first kappa shape index (κ1) is 12.0. The van der Waals surface area contributed by atoms with Gasteiger partial charge in [0.05, 0.1) is 5.69 Å². The number of aromatic nitrogens is 3. The maximum Gasteiger partial charge on any atom is 0.0637 e. The van der Waals surface area contributed by atoms with Crippen LogP contribution in [0.5, 0.6) is 0 Å². The molecule has 4 N–H and O–H groups in total. The summed E-state index contributed by atoms with van der Waals surface area (Å²) < 4.78 is 0. The van der Waals surface area contributed by atoms with Crippen molar-refractivity contribution in [1.29, 1.82) is 0 Å². The Morgan fingerprint density at radius 3 is 2.95 bits per heavy atom. The first-order chi connectivity index (χ1) is 9.28. The molecule has 2 aromatic heterocycles. The summed E-state index contributed by atoms with van der Waals surface area (Å²) in [7, 11) is 0. The van der Waals surface area contributed by atoms with Gasteiger partial charge in [0.2, 0.25) is 0 Å². The third-order valence-corrected chi connectivity index (χ3v) is 3.48. The van der Waals surface area contributed by atoms with Gasteiger partial charge in [0, 0.05) is 35.1 Å². The Balaban J connectivity index is 1.93. The Morgan fingerprint density at radius 1 is 1.26 bits per heavy atom. The molecule has 0 spiro atoms. The molecule has 0 aliphatic carbocycles. The lowest BCUT2D eigenvalue weighted by Crippen LogP contribution is -2.02. The number of benzene rings is 1. The van der Waals surface area contributed by atoms with Crippen LogP contribution in [0.2, 0.25) is 0 Å². The van der Waals surface area contributed by atoms with E-state index in [1.165, 1.54) is 22.2 Å². The molecule has 0 radical (unpaired) electrons. The molecule has 0 saturated carbocycles. The smallest absolute Gasteiger partial charge is 0.0637 e. The second-order valence-electron chi connectivity index (χ2n) is 4.87. The first-order valence-corrected chi connectivity index (χ1v) is 6.57. The molecule has 0 bridgehead atoms. The summed E-state index contributed by atoms with van der Waals surface area (Å²) in [6, 6.07) is 10.5. The summed E-state index contributed by atoms with van der Waals surface area (Å²) in [5, 5.41) is 8.67. The van der Waals surface area contributed by atoms with E-state index in [4.69, 9.17) is 5.73 Å². The van der Waals surface area contributed by atoms with Gasteiger partial charge < -0.3 is 10.7 Å². The highest BCUT2D eigenvalue weighted by molar-refractivity contribution is 5.84. The van der Waals surface area contributed by atoms with Crippen molar-refractivity contribution in [2.75, 3.05) is 6.54 Å². The van der Waals surface area contributed by atoms with Gasteiger partial charge in [-0.05, 0) is 31.2 Å². The van der Waals surface area contributed by atoms with E-state index in [1.54, 1.807) is 0 Å². The fourth-order valence-corrected chi connectivity index (χ4v) is 2.53. The Kier molecular flexibility index (Phi) is 3.09. The molecule has 98 valence electrons. The van der Waals surface area contributed by atoms with Gasteiger partial charge in [0.25, 0.3) is 0 Å². The van der Waals surface area contributed by atoms with Crippen molar-refractivity contribution in [3.8, 4) is 0 Å². The van der Waals surface area contributed by atoms with Gasteiger partial charge in [-0.3, -0.25) is 5.10 Å². The van der Waals surface area contributed by atoms with Gasteiger partial charge in [-0.25, -0.2) is 0 Å². The van der Waals surface area contributed by atoms with E-state index in [-0.39, 0.29) is 0 Å². The Labute approximate surface area is 112 Å². The standard InChI is InChI=1S/C15H18N4/c1-10-14(13-4-2-3-5-15(13)17-10)9-12-8-11(6-7-16)18-19-12/h2-5,8,17H,6-7,9,16H2,1H3,(H,18,19). The van der Waals surface area contributed by atoms with Gasteiger partial charge in [-0.1, -0.05) is 18.2 Å². The van der Waals surface area contributed by atoms with E-state index in [1.807, 2.05) is 0 Å². The van der Waals surface area contributed by atoms with Crippen LogP contribution in [0, 0.1) is 6.92 Å². The van der Waals surface area contributed by atoms with E-state index in [2.05, 4.69) is 52.4 Å². The molecular weight excluding hydrogens is 236 g/mol. The van der Waals surface area contributed by atoms with Crippen LogP contribution in [0.3, 0.4) is 0 Å². The van der Waals surface area contributed by atoms with Gasteiger partial charge >= 0.3 is 0 Å². The summed E-state index contributed by atoms with van der Waals surface area (Å²) in [4.78, 5) is 3.42. The van der Waals surface area contributed by atoms with Crippen LogP contribution in [-0.2, 0) is 12.8 Å². The number of H-pyrrole nitrogens is 2. The van der Waals surface area contributed by atoms with Crippen LogP contribution in [0.25, 0.3) is 10.9 Å². The number of nitrogens with zero attached hydrogens (tertiary/aromatic N) is 1. The van der Waals surface area contributed by atoms with Gasteiger partial charge in [0.1, 0.15) is 0 Å². The van der Waals surface area contributed by atoms with Gasteiger partial charge in [0.15, 0.2) is 0 Å². The summed E-state index contributed by atoms with van der Waals surface area (Å²) in [5.41, 5.74) is 11.5. The van der Waals surface area contributed by atoms with Crippen LogP contribution < -0.4 is 5.73 Å². The normalized spacial score (nSPS) is 11.3. The number of para-hydroxylation sites is 1. The second-order valence-corrected chi connectivity index (χ2v) is 4.87. The number of aryl methyl sites for hydroxylation is 1. The lowest BCUT2D eigenvalue weighted by Gasteiger charge is -1.98. The van der Waals surface area contributed by atoms with Gasteiger partial charge in [-0.15, -0.1) is 0 Å². The van der Waals surface area contributed by atoms with E-state index in [0.29, 0.717) is 6.54 Å². The summed E-state index contributed by atoms with van der Waals surface area (Å²) in [6.07, 6.45) is 1.69. The lowest BCUT2D eigenvalue weighted by atomic mass is 10.1. The molecule has 3 rings (SSSR count). The van der Waals surface area contributed by atoms with Crippen molar-refractivity contribution in [3.63, 3.8) is 0 Å². The Hall–Kier alpha value is -2.07. The maximum atomic E-state index is 5.55. The van der Waals surface area contributed by atoms with Crippen molar-refractivity contribution in [2.24, 2.45) is 5.73 Å². The molecule has 3 aromatic rings. The zero-order valence-electron chi connectivity index (χ0n) is 11.0. The number of hydrogen-bond acceptors (Lipinski definition) is 2. The quantitative estimate of drug-likeness (QED) is 0.668. The van der Waals surface area contributed by atoms with Crippen molar-refractivity contribution < 1.29 is 0 Å². The number of fused-ring (bicyclic) bond motifs is 1. The molecule has 0 aliphatic heterocycles. The number of aromatic amines is 2. The fraction of sp³-hybridized carbons (Fsp3) is 0.267. The minimum Gasteiger partial charge on any atom is -0.358 e. The van der Waals surface area contributed by atoms with E-state index >= 15 is 0 Å². The molecule has 1 aromatic carbocycles. The zero-order chi connectivity index (χ0) is 13.2. The van der Waals surface area contributed by atoms with Crippen molar-refractivity contribution >= 4 is 10.9 Å². The van der Waals surface area contributed by atoms with Crippen LogP contribution in [0.4, 0.5) is 0 Å². The fourth-order valence-electron chi connectivity index (χ4n) is 2.53. The molecule has 0 amide bonds. The number of hydrogen-bond donors (Lipinski definition) is 3. The van der Waals surface area contributed by atoms with Crippen LogP contribution in [-0.4, -0.2) is 21.7 Å². The van der Waals surface area contributed by atoms with Crippen LogP contribution in [0.1, 0.15) is 22.6 Å². The molecule has 0 atom stereocenters. The Bertz CT molecular complexity index is 693. The molecular formula is C15H18N4. The highest BCUT2D eigenvalue weighted by Gasteiger charge is 2.10. The number of nitrogens with two attached hydrogens (primary N) is 1. The molecule has 0 fully saturated rings. The summed E-state index contributed by atoms with van der Waals surface area (Å²) >= 11 is 0. The van der Waals surface area contributed by atoms with E-state index in [0.717, 1.165) is 24.2 Å². The van der Waals surface area contributed by atoms with E-state index in [9.17, 15) is 0 Å². The monoisotopic (exact) mass is 254 g/mol. The lowest BCUT2D eigenvalue weighted by molar-refractivity contribution is 0.893. The molecule has 0 unspecified atom stereocenters. The van der Waals surface area contributed by atoms with Crippen LogP contribution in [0.15, 0.2) is 30.3 Å². The third-order valence-electron chi connectivity index (χ3n) is 3.48. The van der Waals surface area contributed by atoms with E-state index < -0.39 is 0 Å². The SMILES string of the molecule is Cc1[nH]c2ccccc2c1Cc1cc(CCN)n[nH]1. The minimum atomic E-state index is 0.635. The first-order valence-electron chi connectivity index (χ1n) is 6.57. The Morgan fingerprint density at radius 2 is 2.11 bits per heavy atom. The molecule has 4 nitrogen and oxygen atoms in total. The van der Waals surface area contributed by atoms with Crippen molar-refractivity contribution in [2.45, 2.75) is 19.8 Å². The molecule has 2 heterocycles. The third kappa shape index (κ3) is 2.27.